The molecule has 1 aromatic heterocycles. The predicted molar refractivity (Wildman–Crippen MR) is 113 cm³/mol. The number of nitrogens with one attached hydrogen (secondary N) is 2. The van der Waals surface area contributed by atoms with E-state index in [0.29, 0.717) is 28.7 Å². The standard InChI is InChI=1S/C20H27ClN4O2S/c1-2-25-18(23-24-20(25)28)10-11-22-19(26)13-27-17-9-8-15(21)12-16(17)14-6-4-3-5-7-14/h8-9,12,14H,2-7,10-11,13H2,1H3,(H,22,26)(H,24,28). The van der Waals surface area contributed by atoms with Crippen LogP contribution in [0.1, 0.15) is 56.3 Å². The van der Waals surface area contributed by atoms with E-state index in [2.05, 4.69) is 15.5 Å². The highest BCUT2D eigenvalue weighted by atomic mass is 35.5. The minimum atomic E-state index is -0.151. The number of hydrogen-bond donors (Lipinski definition) is 2. The summed E-state index contributed by atoms with van der Waals surface area (Å²) in [5.74, 6) is 1.91. The van der Waals surface area contributed by atoms with Gasteiger partial charge in [0, 0.05) is 24.5 Å². The largest absolute Gasteiger partial charge is 0.483 e. The molecule has 1 aromatic carbocycles. The number of benzene rings is 1. The van der Waals surface area contributed by atoms with Crippen molar-refractivity contribution in [2.24, 2.45) is 0 Å². The number of hydrogen-bond acceptors (Lipinski definition) is 4. The molecular weight excluding hydrogens is 396 g/mol. The van der Waals surface area contributed by atoms with Gasteiger partial charge < -0.3 is 14.6 Å². The maximum Gasteiger partial charge on any atom is 0.257 e. The molecule has 0 spiro atoms. The number of carbonyl (C=O) groups is 1. The van der Waals surface area contributed by atoms with E-state index in [1.165, 1.54) is 19.3 Å². The lowest BCUT2D eigenvalue weighted by Crippen LogP contribution is -2.31. The molecule has 1 fully saturated rings. The summed E-state index contributed by atoms with van der Waals surface area (Å²) in [5.41, 5.74) is 1.12. The smallest absolute Gasteiger partial charge is 0.257 e. The second-order valence-electron chi connectivity index (χ2n) is 7.09. The SMILES string of the molecule is CCn1c(CCNC(=O)COc2ccc(Cl)cc2C2CCCCC2)n[nH]c1=S. The maximum absolute atomic E-state index is 12.2. The van der Waals surface area contributed by atoms with Gasteiger partial charge in [0.15, 0.2) is 11.4 Å². The third-order valence-corrected chi connectivity index (χ3v) is 5.75. The van der Waals surface area contributed by atoms with Gasteiger partial charge in [-0.15, -0.1) is 0 Å². The van der Waals surface area contributed by atoms with Gasteiger partial charge >= 0.3 is 0 Å². The third kappa shape index (κ3) is 5.35. The van der Waals surface area contributed by atoms with Crippen LogP contribution < -0.4 is 10.1 Å². The number of halogens is 1. The summed E-state index contributed by atoms with van der Waals surface area (Å²) in [5, 5.41) is 10.6. The summed E-state index contributed by atoms with van der Waals surface area (Å²) in [7, 11) is 0. The van der Waals surface area contributed by atoms with E-state index in [4.69, 9.17) is 28.6 Å². The molecule has 0 radical (unpaired) electrons. The van der Waals surface area contributed by atoms with Gasteiger partial charge in [-0.1, -0.05) is 30.9 Å². The van der Waals surface area contributed by atoms with Crippen LogP contribution in [0.5, 0.6) is 5.75 Å². The monoisotopic (exact) mass is 422 g/mol. The number of aromatic nitrogens is 3. The Labute approximate surface area is 175 Å². The van der Waals surface area contributed by atoms with Crippen LogP contribution in [-0.4, -0.2) is 33.8 Å². The average Bonchev–Trinajstić information content (AvgIpc) is 3.07. The number of amides is 1. The summed E-state index contributed by atoms with van der Waals surface area (Å²) < 4.78 is 8.37. The molecule has 1 aliphatic rings. The van der Waals surface area contributed by atoms with Crippen LogP contribution in [0.3, 0.4) is 0 Å². The molecule has 0 unspecified atom stereocenters. The van der Waals surface area contributed by atoms with Crippen molar-refractivity contribution in [3.8, 4) is 5.75 Å². The summed E-state index contributed by atoms with van der Waals surface area (Å²) >= 11 is 11.4. The second-order valence-corrected chi connectivity index (χ2v) is 7.92. The normalized spacial score (nSPS) is 14.8. The van der Waals surface area contributed by atoms with Crippen LogP contribution in [0.25, 0.3) is 0 Å². The number of H-pyrrole nitrogens is 1. The highest BCUT2D eigenvalue weighted by Crippen LogP contribution is 2.38. The van der Waals surface area contributed by atoms with Crippen molar-refractivity contribution in [1.29, 1.82) is 0 Å². The molecule has 1 saturated carbocycles. The van der Waals surface area contributed by atoms with Crippen LogP contribution in [0, 0.1) is 4.77 Å². The topological polar surface area (TPSA) is 71.9 Å². The number of rotatable bonds is 8. The Hall–Kier alpha value is -1.86. The predicted octanol–water partition coefficient (Wildman–Crippen LogP) is 4.40. The van der Waals surface area contributed by atoms with E-state index in [9.17, 15) is 4.79 Å². The Bertz CT molecular complexity index is 858. The molecule has 28 heavy (non-hydrogen) atoms. The molecule has 2 N–H and O–H groups in total. The number of nitrogens with zero attached hydrogens (tertiary/aromatic N) is 2. The molecule has 152 valence electrons. The minimum absolute atomic E-state index is 0.0119. The van der Waals surface area contributed by atoms with Gasteiger partial charge in [0.1, 0.15) is 11.6 Å². The van der Waals surface area contributed by atoms with Crippen molar-refractivity contribution >= 4 is 29.7 Å². The molecular formula is C20H27ClN4O2S. The Morgan fingerprint density at radius 3 is 2.93 bits per heavy atom. The van der Waals surface area contributed by atoms with E-state index >= 15 is 0 Å². The van der Waals surface area contributed by atoms with E-state index < -0.39 is 0 Å². The zero-order valence-electron chi connectivity index (χ0n) is 16.2. The van der Waals surface area contributed by atoms with Crippen LogP contribution in [0.15, 0.2) is 18.2 Å². The fourth-order valence-corrected chi connectivity index (χ4v) is 4.22. The first kappa shape index (κ1) is 20.9. The molecule has 0 bridgehead atoms. The Morgan fingerprint density at radius 2 is 2.18 bits per heavy atom. The van der Waals surface area contributed by atoms with Crippen molar-refractivity contribution in [2.75, 3.05) is 13.2 Å². The van der Waals surface area contributed by atoms with E-state index in [-0.39, 0.29) is 12.5 Å². The molecule has 1 heterocycles. The van der Waals surface area contributed by atoms with Gasteiger partial charge in [0.25, 0.3) is 5.91 Å². The van der Waals surface area contributed by atoms with Crippen molar-refractivity contribution in [3.05, 3.63) is 39.4 Å². The molecule has 1 amide bonds. The average molecular weight is 423 g/mol. The lowest BCUT2D eigenvalue weighted by atomic mass is 9.84. The van der Waals surface area contributed by atoms with Crippen molar-refractivity contribution in [2.45, 2.75) is 57.9 Å². The van der Waals surface area contributed by atoms with Crippen LogP contribution >= 0.6 is 23.8 Å². The molecule has 0 atom stereocenters. The summed E-state index contributed by atoms with van der Waals surface area (Å²) in [4.78, 5) is 12.2. The van der Waals surface area contributed by atoms with Gasteiger partial charge in [0.05, 0.1) is 0 Å². The van der Waals surface area contributed by atoms with Gasteiger partial charge in [-0.05, 0) is 61.7 Å². The van der Waals surface area contributed by atoms with Crippen LogP contribution in [0.4, 0.5) is 0 Å². The first-order valence-corrected chi connectivity index (χ1v) is 10.7. The quantitative estimate of drug-likeness (QED) is 0.618. The second kappa shape index (κ2) is 10.1. The zero-order valence-corrected chi connectivity index (χ0v) is 17.7. The Morgan fingerprint density at radius 1 is 1.39 bits per heavy atom. The zero-order chi connectivity index (χ0) is 19.9. The first-order valence-electron chi connectivity index (χ1n) is 9.91. The molecule has 0 aliphatic heterocycles. The first-order chi connectivity index (χ1) is 13.6. The third-order valence-electron chi connectivity index (χ3n) is 5.20. The van der Waals surface area contributed by atoms with E-state index in [1.807, 2.05) is 29.7 Å². The van der Waals surface area contributed by atoms with Crippen molar-refractivity contribution in [3.63, 3.8) is 0 Å². The maximum atomic E-state index is 12.2. The van der Waals surface area contributed by atoms with Crippen molar-refractivity contribution in [1.82, 2.24) is 20.1 Å². The molecule has 3 rings (SSSR count). The van der Waals surface area contributed by atoms with Crippen LogP contribution in [-0.2, 0) is 17.8 Å². The Kier molecular flexibility index (Phi) is 7.50. The summed E-state index contributed by atoms with van der Waals surface area (Å²) in [6.07, 6.45) is 6.66. The molecule has 6 nitrogen and oxygen atoms in total. The molecule has 0 saturated heterocycles. The van der Waals surface area contributed by atoms with Gasteiger partial charge in [-0.2, -0.15) is 5.10 Å². The molecule has 2 aromatic rings. The number of aromatic amines is 1. The molecule has 8 heteroatoms. The number of carbonyl (C=O) groups excluding carboxylic acids is 1. The lowest BCUT2D eigenvalue weighted by Gasteiger charge is -2.24. The van der Waals surface area contributed by atoms with Crippen LogP contribution in [0.2, 0.25) is 5.02 Å². The summed E-state index contributed by atoms with van der Waals surface area (Å²) in [6, 6.07) is 5.67. The lowest BCUT2D eigenvalue weighted by molar-refractivity contribution is -0.123. The minimum Gasteiger partial charge on any atom is -0.483 e. The number of ether oxygens (including phenoxy) is 1. The Balaban J connectivity index is 1.52. The highest BCUT2D eigenvalue weighted by Gasteiger charge is 2.20. The van der Waals surface area contributed by atoms with E-state index in [1.54, 1.807) is 0 Å². The molecule has 1 aliphatic carbocycles. The summed E-state index contributed by atoms with van der Waals surface area (Å²) in [6.45, 7) is 3.24. The van der Waals surface area contributed by atoms with Gasteiger partial charge in [-0.3, -0.25) is 9.89 Å². The fraction of sp³-hybridized carbons (Fsp3) is 0.550. The van der Waals surface area contributed by atoms with Gasteiger partial charge in [0.2, 0.25) is 0 Å². The van der Waals surface area contributed by atoms with Crippen molar-refractivity contribution < 1.29 is 9.53 Å². The highest BCUT2D eigenvalue weighted by molar-refractivity contribution is 7.71. The fourth-order valence-electron chi connectivity index (χ4n) is 3.76. The van der Waals surface area contributed by atoms with E-state index in [0.717, 1.165) is 36.5 Å². The van der Waals surface area contributed by atoms with Gasteiger partial charge in [-0.25, -0.2) is 0 Å².